The number of barbiturate groups is 1. The van der Waals surface area contributed by atoms with Crippen molar-refractivity contribution in [2.75, 3.05) is 12.0 Å². The minimum absolute atomic E-state index is 0.226. The van der Waals surface area contributed by atoms with Gasteiger partial charge in [-0.2, -0.15) is 0 Å². The zero-order valence-corrected chi connectivity index (χ0v) is 23.3. The van der Waals surface area contributed by atoms with Gasteiger partial charge in [0.2, 0.25) is 0 Å². The lowest BCUT2D eigenvalue weighted by Crippen LogP contribution is -2.54. The van der Waals surface area contributed by atoms with Crippen LogP contribution in [0.25, 0.3) is 16.8 Å². The fraction of sp³-hybridized carbons (Fsp3) is 0.100. The highest BCUT2D eigenvalue weighted by Gasteiger charge is 2.36. The number of ether oxygens (including phenoxy) is 2. The van der Waals surface area contributed by atoms with Crippen molar-refractivity contribution in [3.63, 3.8) is 0 Å². The lowest BCUT2D eigenvalue weighted by Gasteiger charge is -2.26. The number of amides is 4. The van der Waals surface area contributed by atoms with E-state index in [1.54, 1.807) is 36.4 Å². The molecule has 4 amide bonds. The Kier molecular flexibility index (Phi) is 7.41. The molecule has 4 aromatic rings. The average Bonchev–Trinajstić information content (AvgIpc) is 2.92. The number of aryl methyl sites for hydroxylation is 1. The highest BCUT2D eigenvalue weighted by atomic mass is 79.9. The van der Waals surface area contributed by atoms with Crippen LogP contribution < -0.4 is 19.7 Å². The van der Waals surface area contributed by atoms with Crippen LogP contribution in [0.2, 0.25) is 5.02 Å². The van der Waals surface area contributed by atoms with Crippen molar-refractivity contribution in [3.05, 3.63) is 105 Å². The topological polar surface area (TPSA) is 84.9 Å². The number of urea groups is 1. The SMILES string of the molecule is COc1cc(/C=C2\C(=O)NC(=O)N(c3ccc(Br)cc3)C2=O)cc(Cl)c1OCc1c(C)ccc2ccccc12. The molecule has 5 rings (SSSR count). The number of fused-ring (bicyclic) bond motifs is 1. The lowest BCUT2D eigenvalue weighted by atomic mass is 10.0. The number of nitrogens with one attached hydrogen (secondary N) is 1. The van der Waals surface area contributed by atoms with Crippen LogP contribution in [0, 0.1) is 6.92 Å². The molecule has 1 N–H and O–H groups in total. The van der Waals surface area contributed by atoms with Crippen LogP contribution in [0.5, 0.6) is 11.5 Å². The van der Waals surface area contributed by atoms with E-state index in [-0.39, 0.29) is 17.2 Å². The number of hydrogen-bond acceptors (Lipinski definition) is 5. The van der Waals surface area contributed by atoms with Crippen molar-refractivity contribution in [1.29, 1.82) is 0 Å². The van der Waals surface area contributed by atoms with Gasteiger partial charge in [0.15, 0.2) is 11.5 Å². The Morgan fingerprint density at radius 2 is 1.74 bits per heavy atom. The van der Waals surface area contributed by atoms with Crippen LogP contribution >= 0.6 is 27.5 Å². The Morgan fingerprint density at radius 3 is 2.49 bits per heavy atom. The summed E-state index contributed by atoms with van der Waals surface area (Å²) in [4.78, 5) is 39.2. The van der Waals surface area contributed by atoms with Crippen molar-refractivity contribution < 1.29 is 23.9 Å². The van der Waals surface area contributed by atoms with Gasteiger partial charge in [-0.3, -0.25) is 14.9 Å². The third kappa shape index (κ3) is 5.26. The number of methoxy groups -OCH3 is 1. The molecule has 0 aromatic heterocycles. The summed E-state index contributed by atoms with van der Waals surface area (Å²) in [5.74, 6) is -0.899. The van der Waals surface area contributed by atoms with E-state index in [2.05, 4.69) is 27.3 Å². The molecule has 1 heterocycles. The largest absolute Gasteiger partial charge is 0.493 e. The molecule has 1 aliphatic heterocycles. The monoisotopic (exact) mass is 604 g/mol. The zero-order chi connectivity index (χ0) is 27.7. The van der Waals surface area contributed by atoms with E-state index in [0.29, 0.717) is 22.7 Å². The maximum Gasteiger partial charge on any atom is 0.335 e. The molecule has 0 unspecified atom stereocenters. The summed E-state index contributed by atoms with van der Waals surface area (Å²) in [5, 5.41) is 4.64. The first-order chi connectivity index (χ1) is 18.8. The van der Waals surface area contributed by atoms with Crippen LogP contribution in [-0.2, 0) is 16.2 Å². The predicted molar refractivity (Wildman–Crippen MR) is 154 cm³/mol. The average molecular weight is 606 g/mol. The number of carbonyl (C=O) groups is 3. The lowest BCUT2D eigenvalue weighted by molar-refractivity contribution is -0.122. The molecule has 9 heteroatoms. The molecule has 7 nitrogen and oxygen atoms in total. The number of benzene rings is 4. The summed E-state index contributed by atoms with van der Waals surface area (Å²) >= 11 is 9.93. The molecule has 4 aromatic carbocycles. The molecule has 1 saturated heterocycles. The van der Waals surface area contributed by atoms with Crippen molar-refractivity contribution in [2.45, 2.75) is 13.5 Å². The van der Waals surface area contributed by atoms with Gasteiger partial charge in [-0.05, 0) is 71.3 Å². The molecular formula is C30H22BrClN2O5. The van der Waals surface area contributed by atoms with E-state index in [0.717, 1.165) is 31.3 Å². The van der Waals surface area contributed by atoms with E-state index < -0.39 is 17.8 Å². The Hall–Kier alpha value is -4.14. The molecule has 0 bridgehead atoms. The molecule has 0 radical (unpaired) electrons. The molecule has 1 fully saturated rings. The second kappa shape index (κ2) is 10.9. The van der Waals surface area contributed by atoms with Gasteiger partial charge >= 0.3 is 6.03 Å². The van der Waals surface area contributed by atoms with Gasteiger partial charge in [0, 0.05) is 10.0 Å². The third-order valence-electron chi connectivity index (χ3n) is 6.38. The molecule has 196 valence electrons. The number of halogens is 2. The van der Waals surface area contributed by atoms with Crippen LogP contribution in [0.4, 0.5) is 10.5 Å². The number of imide groups is 2. The molecule has 0 aliphatic carbocycles. The predicted octanol–water partition coefficient (Wildman–Crippen LogP) is 6.82. The Morgan fingerprint density at radius 1 is 1.00 bits per heavy atom. The summed E-state index contributed by atoms with van der Waals surface area (Å²) in [5.41, 5.74) is 2.63. The van der Waals surface area contributed by atoms with Crippen LogP contribution in [-0.4, -0.2) is 25.0 Å². The van der Waals surface area contributed by atoms with Crippen molar-refractivity contribution >= 4 is 67.9 Å². The molecule has 0 spiro atoms. The number of anilines is 1. The fourth-order valence-electron chi connectivity index (χ4n) is 4.39. The van der Waals surface area contributed by atoms with Crippen LogP contribution in [0.15, 0.2) is 82.8 Å². The number of hydrogen-bond donors (Lipinski definition) is 1. The summed E-state index contributed by atoms with van der Waals surface area (Å²) in [7, 11) is 1.48. The normalized spacial score (nSPS) is 14.6. The minimum Gasteiger partial charge on any atom is -0.493 e. The first kappa shape index (κ1) is 26.5. The summed E-state index contributed by atoms with van der Waals surface area (Å²) in [6.45, 7) is 2.28. The van der Waals surface area contributed by atoms with E-state index in [9.17, 15) is 14.4 Å². The number of nitrogens with zero attached hydrogens (tertiary/aromatic N) is 1. The highest BCUT2D eigenvalue weighted by molar-refractivity contribution is 9.10. The van der Waals surface area contributed by atoms with Gasteiger partial charge in [-0.15, -0.1) is 0 Å². The van der Waals surface area contributed by atoms with Crippen molar-refractivity contribution in [3.8, 4) is 11.5 Å². The highest BCUT2D eigenvalue weighted by Crippen LogP contribution is 2.38. The second-order valence-electron chi connectivity index (χ2n) is 8.84. The van der Waals surface area contributed by atoms with E-state index in [1.807, 2.05) is 37.3 Å². The molecule has 39 heavy (non-hydrogen) atoms. The van der Waals surface area contributed by atoms with Crippen LogP contribution in [0.3, 0.4) is 0 Å². The summed E-state index contributed by atoms with van der Waals surface area (Å²) in [6, 6.07) is 21.1. The Labute approximate surface area is 238 Å². The quantitative estimate of drug-likeness (QED) is 0.193. The Bertz CT molecular complexity index is 1670. The maximum atomic E-state index is 13.2. The molecule has 1 aliphatic rings. The molecular weight excluding hydrogens is 584 g/mol. The van der Waals surface area contributed by atoms with Gasteiger partial charge in [0.05, 0.1) is 17.8 Å². The van der Waals surface area contributed by atoms with E-state index in [1.165, 1.54) is 13.2 Å². The molecule has 0 atom stereocenters. The van der Waals surface area contributed by atoms with Crippen LogP contribution in [0.1, 0.15) is 16.7 Å². The van der Waals surface area contributed by atoms with E-state index in [4.69, 9.17) is 21.1 Å². The van der Waals surface area contributed by atoms with E-state index >= 15 is 0 Å². The number of rotatable bonds is 6. The number of carbonyl (C=O) groups excluding carboxylic acids is 3. The summed E-state index contributed by atoms with van der Waals surface area (Å²) < 4.78 is 12.5. The zero-order valence-electron chi connectivity index (χ0n) is 21.0. The smallest absolute Gasteiger partial charge is 0.335 e. The first-order valence-electron chi connectivity index (χ1n) is 11.9. The fourth-order valence-corrected chi connectivity index (χ4v) is 4.93. The Balaban J connectivity index is 1.45. The third-order valence-corrected chi connectivity index (χ3v) is 7.19. The molecule has 0 saturated carbocycles. The minimum atomic E-state index is -0.826. The van der Waals surface area contributed by atoms with Crippen molar-refractivity contribution in [1.82, 2.24) is 5.32 Å². The van der Waals surface area contributed by atoms with Gasteiger partial charge < -0.3 is 9.47 Å². The first-order valence-corrected chi connectivity index (χ1v) is 13.1. The maximum absolute atomic E-state index is 13.2. The van der Waals surface area contributed by atoms with Gasteiger partial charge in [-0.1, -0.05) is 63.9 Å². The summed E-state index contributed by atoms with van der Waals surface area (Å²) in [6.07, 6.45) is 1.36. The standard InChI is InChI=1S/C30H22BrClN2O5/c1-17-7-8-19-5-3-4-6-22(19)24(17)16-39-27-25(32)14-18(15-26(27)38-2)13-23-28(35)33-30(37)34(29(23)36)21-11-9-20(31)10-12-21/h3-15H,16H2,1-2H3,(H,33,35,37)/b23-13+. The van der Waals surface area contributed by atoms with Gasteiger partial charge in [0.1, 0.15) is 12.2 Å². The van der Waals surface area contributed by atoms with Gasteiger partial charge in [0.25, 0.3) is 11.8 Å². The second-order valence-corrected chi connectivity index (χ2v) is 10.2. The van der Waals surface area contributed by atoms with Crippen molar-refractivity contribution in [2.24, 2.45) is 0 Å². The van der Waals surface area contributed by atoms with Gasteiger partial charge in [-0.25, -0.2) is 9.69 Å².